The molecule has 1 aliphatic heterocycles. The van der Waals surface area contributed by atoms with E-state index in [1.54, 1.807) is 0 Å². The number of hydrogen-bond donors (Lipinski definition) is 4. The highest BCUT2D eigenvalue weighted by Crippen LogP contribution is 2.18. The molecule has 2 rings (SSSR count). The molecule has 1 saturated heterocycles. The first kappa shape index (κ1) is 22.4. The minimum Gasteiger partial charge on any atom is -0.480 e. The van der Waals surface area contributed by atoms with E-state index in [1.807, 2.05) is 30.3 Å². The molecule has 0 radical (unpaired) electrons. The SMILES string of the molecule is CC(NC(=O)C(N)Cc1ccccc1)C(=O)NC(C)C(=O)N1CCCC1C(=O)O. The van der Waals surface area contributed by atoms with Crippen LogP contribution in [0.4, 0.5) is 0 Å². The van der Waals surface area contributed by atoms with Crippen molar-refractivity contribution in [3.05, 3.63) is 35.9 Å². The first-order valence-corrected chi connectivity index (χ1v) is 9.64. The minimum atomic E-state index is -1.05. The molecule has 3 amide bonds. The van der Waals surface area contributed by atoms with Gasteiger partial charge in [0.2, 0.25) is 17.7 Å². The van der Waals surface area contributed by atoms with Gasteiger partial charge in [-0.15, -0.1) is 0 Å². The Morgan fingerprint density at radius 1 is 1.10 bits per heavy atom. The third-order valence-corrected chi connectivity index (χ3v) is 4.94. The second kappa shape index (κ2) is 10.0. The van der Waals surface area contributed by atoms with E-state index in [0.29, 0.717) is 25.8 Å². The van der Waals surface area contributed by atoms with Gasteiger partial charge in [-0.25, -0.2) is 4.79 Å². The average Bonchev–Trinajstić information content (AvgIpc) is 3.18. The van der Waals surface area contributed by atoms with Gasteiger partial charge in [-0.3, -0.25) is 14.4 Å². The molecule has 1 aromatic rings. The molecule has 0 saturated carbocycles. The Morgan fingerprint density at radius 3 is 2.34 bits per heavy atom. The van der Waals surface area contributed by atoms with Crippen LogP contribution in [0, 0.1) is 0 Å². The summed E-state index contributed by atoms with van der Waals surface area (Å²) in [5.41, 5.74) is 6.82. The summed E-state index contributed by atoms with van der Waals surface area (Å²) in [6, 6.07) is 5.81. The molecule has 158 valence electrons. The number of carbonyl (C=O) groups excluding carboxylic acids is 3. The number of rotatable bonds is 8. The maximum absolute atomic E-state index is 12.5. The lowest BCUT2D eigenvalue weighted by Crippen LogP contribution is -2.55. The number of nitrogens with two attached hydrogens (primary N) is 1. The second-order valence-corrected chi connectivity index (χ2v) is 7.28. The van der Waals surface area contributed by atoms with Gasteiger partial charge < -0.3 is 26.4 Å². The van der Waals surface area contributed by atoms with Gasteiger partial charge in [-0.2, -0.15) is 0 Å². The number of benzene rings is 1. The summed E-state index contributed by atoms with van der Waals surface area (Å²) in [6.07, 6.45) is 1.34. The lowest BCUT2D eigenvalue weighted by Gasteiger charge is -2.26. The molecule has 1 fully saturated rings. The van der Waals surface area contributed by atoms with Crippen LogP contribution in [0.15, 0.2) is 30.3 Å². The Hall–Kier alpha value is -2.94. The fraction of sp³-hybridized carbons (Fsp3) is 0.500. The topological polar surface area (TPSA) is 142 Å². The number of aliphatic carboxylic acids is 1. The van der Waals surface area contributed by atoms with Crippen molar-refractivity contribution in [1.82, 2.24) is 15.5 Å². The molecule has 0 spiro atoms. The van der Waals surface area contributed by atoms with Crippen molar-refractivity contribution >= 4 is 23.7 Å². The minimum absolute atomic E-state index is 0.335. The van der Waals surface area contributed by atoms with Crippen LogP contribution in [0.2, 0.25) is 0 Å². The van der Waals surface area contributed by atoms with Gasteiger partial charge in [-0.05, 0) is 38.7 Å². The molecular weight excluding hydrogens is 376 g/mol. The van der Waals surface area contributed by atoms with E-state index < -0.39 is 47.9 Å². The Kier molecular flexibility index (Phi) is 7.72. The number of carbonyl (C=O) groups is 4. The zero-order valence-electron chi connectivity index (χ0n) is 16.6. The van der Waals surface area contributed by atoms with Crippen molar-refractivity contribution in [3.63, 3.8) is 0 Å². The van der Waals surface area contributed by atoms with Crippen molar-refractivity contribution in [3.8, 4) is 0 Å². The van der Waals surface area contributed by atoms with Crippen molar-refractivity contribution in [2.75, 3.05) is 6.54 Å². The number of nitrogens with zero attached hydrogens (tertiary/aromatic N) is 1. The summed E-state index contributed by atoms with van der Waals surface area (Å²) >= 11 is 0. The van der Waals surface area contributed by atoms with Crippen molar-refractivity contribution < 1.29 is 24.3 Å². The Labute approximate surface area is 169 Å². The summed E-state index contributed by atoms with van der Waals surface area (Å²) in [4.78, 5) is 49.6. The fourth-order valence-electron chi connectivity index (χ4n) is 3.28. The molecule has 9 heteroatoms. The van der Waals surface area contributed by atoms with Crippen molar-refractivity contribution in [2.24, 2.45) is 5.73 Å². The van der Waals surface area contributed by atoms with Crippen LogP contribution in [-0.4, -0.2) is 64.4 Å². The van der Waals surface area contributed by atoms with Gasteiger partial charge in [0, 0.05) is 6.54 Å². The number of carboxylic acid groups (broad SMARTS) is 1. The van der Waals surface area contributed by atoms with Gasteiger partial charge in [0.05, 0.1) is 6.04 Å². The van der Waals surface area contributed by atoms with E-state index in [2.05, 4.69) is 10.6 Å². The molecule has 0 aliphatic carbocycles. The lowest BCUT2D eigenvalue weighted by atomic mass is 10.1. The van der Waals surface area contributed by atoms with Gasteiger partial charge in [0.25, 0.3) is 0 Å². The predicted molar refractivity (Wildman–Crippen MR) is 106 cm³/mol. The summed E-state index contributed by atoms with van der Waals surface area (Å²) in [5.74, 6) is -2.52. The maximum atomic E-state index is 12.5. The molecule has 1 aromatic carbocycles. The maximum Gasteiger partial charge on any atom is 0.326 e. The van der Waals surface area contributed by atoms with Crippen molar-refractivity contribution in [1.29, 1.82) is 0 Å². The Balaban J connectivity index is 1.85. The number of amides is 3. The highest BCUT2D eigenvalue weighted by atomic mass is 16.4. The van der Waals surface area contributed by atoms with Crippen LogP contribution in [0.3, 0.4) is 0 Å². The summed E-state index contributed by atoms with van der Waals surface area (Å²) in [7, 11) is 0. The van der Waals surface area contributed by atoms with E-state index in [-0.39, 0.29) is 0 Å². The highest BCUT2D eigenvalue weighted by Gasteiger charge is 2.36. The van der Waals surface area contributed by atoms with E-state index in [0.717, 1.165) is 5.56 Å². The average molecular weight is 404 g/mol. The van der Waals surface area contributed by atoms with Crippen LogP contribution in [0.25, 0.3) is 0 Å². The standard InChI is InChI=1S/C20H28N4O5/c1-12(22-18(26)15(21)11-14-7-4-3-5-8-14)17(25)23-13(2)19(27)24-10-6-9-16(24)20(28)29/h3-5,7-8,12-13,15-16H,6,9-11,21H2,1-2H3,(H,22,26)(H,23,25)(H,28,29). The molecule has 1 aliphatic rings. The number of likely N-dealkylation sites (tertiary alicyclic amines) is 1. The Bertz CT molecular complexity index is 754. The molecule has 9 nitrogen and oxygen atoms in total. The molecule has 0 bridgehead atoms. The highest BCUT2D eigenvalue weighted by molar-refractivity contribution is 5.93. The molecule has 0 aromatic heterocycles. The van der Waals surface area contributed by atoms with Crippen LogP contribution in [-0.2, 0) is 25.6 Å². The van der Waals surface area contributed by atoms with Gasteiger partial charge >= 0.3 is 5.97 Å². The van der Waals surface area contributed by atoms with E-state index in [9.17, 15) is 24.3 Å². The normalized spacial score (nSPS) is 19.1. The van der Waals surface area contributed by atoms with Crippen LogP contribution >= 0.6 is 0 Å². The molecule has 1 heterocycles. The largest absolute Gasteiger partial charge is 0.480 e. The summed E-state index contributed by atoms with van der Waals surface area (Å²) < 4.78 is 0. The molecule has 29 heavy (non-hydrogen) atoms. The third kappa shape index (κ3) is 6.02. The summed E-state index contributed by atoms with van der Waals surface area (Å²) in [5, 5.41) is 14.3. The fourth-order valence-corrected chi connectivity index (χ4v) is 3.28. The monoisotopic (exact) mass is 404 g/mol. The first-order chi connectivity index (χ1) is 13.7. The second-order valence-electron chi connectivity index (χ2n) is 7.28. The smallest absolute Gasteiger partial charge is 0.326 e. The Morgan fingerprint density at radius 2 is 1.72 bits per heavy atom. The summed E-state index contributed by atoms with van der Waals surface area (Å²) in [6.45, 7) is 3.33. The van der Waals surface area contributed by atoms with Gasteiger partial charge in [0.15, 0.2) is 0 Å². The number of nitrogens with one attached hydrogen (secondary N) is 2. The molecule has 4 atom stereocenters. The van der Waals surface area contributed by atoms with Crippen LogP contribution in [0.5, 0.6) is 0 Å². The van der Waals surface area contributed by atoms with Crippen LogP contribution < -0.4 is 16.4 Å². The molecule has 4 unspecified atom stereocenters. The van der Waals surface area contributed by atoms with Crippen LogP contribution in [0.1, 0.15) is 32.3 Å². The molecular formula is C20H28N4O5. The van der Waals surface area contributed by atoms with Gasteiger partial charge in [-0.1, -0.05) is 30.3 Å². The van der Waals surface area contributed by atoms with E-state index >= 15 is 0 Å². The predicted octanol–water partition coefficient (Wildman–Crippen LogP) is -0.359. The van der Waals surface area contributed by atoms with E-state index in [1.165, 1.54) is 18.7 Å². The number of hydrogen-bond acceptors (Lipinski definition) is 5. The zero-order chi connectivity index (χ0) is 21.6. The lowest BCUT2D eigenvalue weighted by molar-refractivity contribution is -0.149. The zero-order valence-corrected chi connectivity index (χ0v) is 16.6. The first-order valence-electron chi connectivity index (χ1n) is 9.64. The van der Waals surface area contributed by atoms with E-state index in [4.69, 9.17) is 5.73 Å². The number of carboxylic acids is 1. The quantitative estimate of drug-likeness (QED) is 0.466. The van der Waals surface area contributed by atoms with Gasteiger partial charge in [0.1, 0.15) is 18.1 Å². The third-order valence-electron chi connectivity index (χ3n) is 4.94. The van der Waals surface area contributed by atoms with Crippen molar-refractivity contribution in [2.45, 2.75) is 57.3 Å². The molecule has 5 N–H and O–H groups in total.